The molecule has 0 atom stereocenters. The molecule has 0 saturated carbocycles. The van der Waals surface area contributed by atoms with Gasteiger partial charge < -0.3 is 9.47 Å². The minimum absolute atomic E-state index is 0.405. The summed E-state index contributed by atoms with van der Waals surface area (Å²) in [5.74, 6) is -21.5. The molecule has 0 N–H and O–H groups in total. The SMILES string of the molecule is CCC(C)(C)C(=O)OCCC(=O)OCCC(F)(F)C(F)(F)C(F)(F)C(F)(F)F. The molecule has 28 heavy (non-hydrogen) atoms. The number of hydrogen-bond acceptors (Lipinski definition) is 4. The van der Waals surface area contributed by atoms with E-state index in [0.29, 0.717) is 6.42 Å². The van der Waals surface area contributed by atoms with E-state index < -0.39 is 67.4 Å². The van der Waals surface area contributed by atoms with Crippen molar-refractivity contribution in [1.29, 1.82) is 0 Å². The fourth-order valence-electron chi connectivity index (χ4n) is 1.50. The number of alkyl halides is 9. The number of ether oxygens (including phenoxy) is 2. The first-order valence-electron chi connectivity index (χ1n) is 7.86. The van der Waals surface area contributed by atoms with Crippen LogP contribution in [0.3, 0.4) is 0 Å². The second-order valence-corrected chi connectivity index (χ2v) is 6.44. The summed E-state index contributed by atoms with van der Waals surface area (Å²) in [5.41, 5.74) is -0.860. The van der Waals surface area contributed by atoms with E-state index in [4.69, 9.17) is 4.74 Å². The molecule has 0 aliphatic rings. The average molecular weight is 434 g/mol. The van der Waals surface area contributed by atoms with Crippen LogP contribution < -0.4 is 0 Å². The Morgan fingerprint density at radius 3 is 1.71 bits per heavy atom. The van der Waals surface area contributed by atoms with Crippen LogP contribution in [0.15, 0.2) is 0 Å². The molecule has 0 fully saturated rings. The van der Waals surface area contributed by atoms with Crippen molar-refractivity contribution in [1.82, 2.24) is 0 Å². The number of halogens is 9. The fraction of sp³-hybridized carbons (Fsp3) is 0.867. The van der Waals surface area contributed by atoms with Crippen LogP contribution in [0.25, 0.3) is 0 Å². The van der Waals surface area contributed by atoms with E-state index in [-0.39, 0.29) is 0 Å². The molecule has 0 bridgehead atoms. The minimum atomic E-state index is -6.99. The molecule has 4 nitrogen and oxygen atoms in total. The number of esters is 2. The summed E-state index contributed by atoms with van der Waals surface area (Å²) in [4.78, 5) is 22.8. The van der Waals surface area contributed by atoms with Crippen LogP contribution in [-0.2, 0) is 19.1 Å². The van der Waals surface area contributed by atoms with Crippen LogP contribution in [0, 0.1) is 5.41 Å². The summed E-state index contributed by atoms with van der Waals surface area (Å²) in [6.07, 6.45) is -9.44. The summed E-state index contributed by atoms with van der Waals surface area (Å²) in [6, 6.07) is 0. The van der Waals surface area contributed by atoms with Gasteiger partial charge in [0.1, 0.15) is 6.61 Å². The van der Waals surface area contributed by atoms with E-state index in [9.17, 15) is 49.1 Å². The molecule has 0 saturated heterocycles. The lowest BCUT2D eigenvalue weighted by atomic mass is 9.91. The molecule has 0 aromatic carbocycles. The normalized spacial score (nSPS) is 14.0. The summed E-state index contributed by atoms with van der Waals surface area (Å²) in [7, 11) is 0. The average Bonchev–Trinajstić information content (AvgIpc) is 2.52. The predicted molar refractivity (Wildman–Crippen MR) is 76.1 cm³/mol. The first kappa shape index (κ1) is 26.3. The van der Waals surface area contributed by atoms with Gasteiger partial charge in [0.25, 0.3) is 0 Å². The van der Waals surface area contributed by atoms with Gasteiger partial charge >= 0.3 is 35.9 Å². The number of hydrogen-bond donors (Lipinski definition) is 0. The van der Waals surface area contributed by atoms with Gasteiger partial charge in [0.15, 0.2) is 0 Å². The molecule has 0 heterocycles. The van der Waals surface area contributed by atoms with E-state index >= 15 is 0 Å². The predicted octanol–water partition coefficient (Wildman–Crippen LogP) is 4.76. The molecule has 0 rings (SSSR count). The summed E-state index contributed by atoms with van der Waals surface area (Å²) in [5, 5.41) is 0. The zero-order valence-electron chi connectivity index (χ0n) is 15.1. The van der Waals surface area contributed by atoms with Gasteiger partial charge in [-0.25, -0.2) is 0 Å². The minimum Gasteiger partial charge on any atom is -0.465 e. The van der Waals surface area contributed by atoms with E-state index in [1.54, 1.807) is 20.8 Å². The van der Waals surface area contributed by atoms with Crippen molar-refractivity contribution in [2.75, 3.05) is 13.2 Å². The molecule has 0 unspecified atom stereocenters. The van der Waals surface area contributed by atoms with Crippen LogP contribution in [0.2, 0.25) is 0 Å². The first-order chi connectivity index (χ1) is 12.3. The third-order valence-electron chi connectivity index (χ3n) is 3.86. The molecule has 0 aliphatic carbocycles. The van der Waals surface area contributed by atoms with Gasteiger partial charge in [-0.3, -0.25) is 9.59 Å². The van der Waals surface area contributed by atoms with Crippen LogP contribution in [0.4, 0.5) is 39.5 Å². The van der Waals surface area contributed by atoms with Gasteiger partial charge in [0.2, 0.25) is 0 Å². The Balaban J connectivity index is 4.62. The molecule has 0 spiro atoms. The van der Waals surface area contributed by atoms with Crippen LogP contribution in [0.1, 0.15) is 40.0 Å². The number of carbonyl (C=O) groups excluding carboxylic acids is 2. The van der Waals surface area contributed by atoms with Gasteiger partial charge in [-0.05, 0) is 20.3 Å². The monoisotopic (exact) mass is 434 g/mol. The quantitative estimate of drug-likeness (QED) is 0.368. The van der Waals surface area contributed by atoms with E-state index in [0.717, 1.165) is 0 Å². The second kappa shape index (κ2) is 8.76. The second-order valence-electron chi connectivity index (χ2n) is 6.44. The highest BCUT2D eigenvalue weighted by atomic mass is 19.4. The molecule has 0 radical (unpaired) electrons. The van der Waals surface area contributed by atoms with Crippen LogP contribution >= 0.6 is 0 Å². The van der Waals surface area contributed by atoms with Gasteiger partial charge in [0.05, 0.1) is 24.9 Å². The largest absolute Gasteiger partial charge is 0.465 e. The third kappa shape index (κ3) is 5.90. The first-order valence-corrected chi connectivity index (χ1v) is 7.86. The van der Waals surface area contributed by atoms with Crippen molar-refractivity contribution >= 4 is 11.9 Å². The van der Waals surface area contributed by atoms with Crippen molar-refractivity contribution in [3.05, 3.63) is 0 Å². The molecule has 0 aromatic heterocycles. The van der Waals surface area contributed by atoms with E-state index in [2.05, 4.69) is 4.74 Å². The lowest BCUT2D eigenvalue weighted by Crippen LogP contribution is -2.61. The molecule has 166 valence electrons. The topological polar surface area (TPSA) is 52.6 Å². The summed E-state index contributed by atoms with van der Waals surface area (Å²) in [6.45, 7) is 2.70. The molecule has 13 heteroatoms. The van der Waals surface area contributed by atoms with Crippen LogP contribution in [0.5, 0.6) is 0 Å². The lowest BCUT2D eigenvalue weighted by molar-refractivity contribution is -0.397. The van der Waals surface area contributed by atoms with Gasteiger partial charge in [-0.15, -0.1) is 0 Å². The van der Waals surface area contributed by atoms with E-state index in [1.165, 1.54) is 0 Å². The Labute approximate surface area is 154 Å². The molecule has 0 amide bonds. The molecular weight excluding hydrogens is 415 g/mol. The maximum atomic E-state index is 13.2. The van der Waals surface area contributed by atoms with Gasteiger partial charge in [0, 0.05) is 0 Å². The Hall–Kier alpha value is -1.69. The Bertz CT molecular complexity index is 556. The highest BCUT2D eigenvalue weighted by molar-refractivity contribution is 5.76. The Morgan fingerprint density at radius 1 is 0.786 bits per heavy atom. The number of carbonyl (C=O) groups is 2. The van der Waals surface area contributed by atoms with Gasteiger partial charge in [-0.1, -0.05) is 6.92 Å². The smallest absolute Gasteiger partial charge is 0.460 e. The highest BCUT2D eigenvalue weighted by Crippen LogP contribution is 2.53. The zero-order valence-corrected chi connectivity index (χ0v) is 15.1. The lowest BCUT2D eigenvalue weighted by Gasteiger charge is -2.33. The van der Waals surface area contributed by atoms with Gasteiger partial charge in [-0.2, -0.15) is 39.5 Å². The van der Waals surface area contributed by atoms with E-state index in [1.807, 2.05) is 0 Å². The van der Waals surface area contributed by atoms with Crippen molar-refractivity contribution < 1.29 is 58.6 Å². The third-order valence-corrected chi connectivity index (χ3v) is 3.86. The van der Waals surface area contributed by atoms with Crippen molar-refractivity contribution in [3.8, 4) is 0 Å². The fourth-order valence-corrected chi connectivity index (χ4v) is 1.50. The Morgan fingerprint density at radius 2 is 1.29 bits per heavy atom. The highest BCUT2D eigenvalue weighted by Gasteiger charge is 2.81. The standard InChI is InChI=1S/C15H19F9O4/c1-4-11(2,3)10(26)28-7-5-9(25)27-8-6-12(16,17)13(18,19)14(20,21)15(22,23)24/h4-8H2,1-3H3. The summed E-state index contributed by atoms with van der Waals surface area (Å²) < 4.78 is 122. The molecular formula is C15H19F9O4. The van der Waals surface area contributed by atoms with Crippen molar-refractivity contribution in [2.45, 2.75) is 64.0 Å². The zero-order chi connectivity index (χ0) is 22.6. The molecule has 0 aliphatic heterocycles. The summed E-state index contributed by atoms with van der Waals surface area (Å²) >= 11 is 0. The maximum absolute atomic E-state index is 13.2. The molecule has 0 aromatic rings. The van der Waals surface area contributed by atoms with Crippen molar-refractivity contribution in [3.63, 3.8) is 0 Å². The van der Waals surface area contributed by atoms with Crippen molar-refractivity contribution in [2.24, 2.45) is 5.41 Å². The van der Waals surface area contributed by atoms with Crippen LogP contribution in [-0.4, -0.2) is 49.1 Å². The maximum Gasteiger partial charge on any atom is 0.460 e. The number of rotatable bonds is 10. The Kier molecular flexibility index (Phi) is 8.24.